The standard InChI is InChI=1S/C56H34N6/c57-33-35-27-55(61-49-25-13-9-21-41(49)45-29-51-43(31-53(45)61)39-19-7-11-23-47(39)59(51)37-15-3-1-4-16-37)56(28-36(35)34-58)62-50-26-14-10-22-42(50)46-30-52-44(32-54(46)62)40-20-8-12-24-48(40)60(52)38-17-5-2-6-18-38/h1-33,57H. The molecule has 9 aromatic carbocycles. The molecule has 0 radical (unpaired) electrons. The minimum absolute atomic E-state index is 0.445. The number of nitriles is 1. The fourth-order valence-electron chi connectivity index (χ4n) is 10.3. The zero-order valence-corrected chi connectivity index (χ0v) is 33.3. The number of nitrogens with one attached hydrogen (secondary N) is 1. The van der Waals surface area contributed by atoms with E-state index < -0.39 is 0 Å². The first-order valence-electron chi connectivity index (χ1n) is 20.8. The third-order valence-electron chi connectivity index (χ3n) is 12.9. The lowest BCUT2D eigenvalue weighted by molar-refractivity contribution is 1.09. The van der Waals surface area contributed by atoms with Crippen LogP contribution in [0.5, 0.6) is 0 Å². The molecular weight excluding hydrogens is 757 g/mol. The van der Waals surface area contributed by atoms with Gasteiger partial charge in [0.2, 0.25) is 0 Å². The van der Waals surface area contributed by atoms with Crippen molar-refractivity contribution >= 4 is 93.4 Å². The predicted octanol–water partition coefficient (Wildman–Crippen LogP) is 13.9. The fourth-order valence-corrected chi connectivity index (χ4v) is 10.3. The summed E-state index contributed by atoms with van der Waals surface area (Å²) in [5.74, 6) is 0. The van der Waals surface area contributed by atoms with E-state index in [1.807, 2.05) is 12.1 Å². The van der Waals surface area contributed by atoms with Crippen molar-refractivity contribution in [3.05, 3.63) is 205 Å². The van der Waals surface area contributed by atoms with Gasteiger partial charge in [0.1, 0.15) is 0 Å². The van der Waals surface area contributed by atoms with Crippen molar-refractivity contribution in [2.24, 2.45) is 0 Å². The van der Waals surface area contributed by atoms with Crippen LogP contribution in [-0.2, 0) is 0 Å². The summed E-state index contributed by atoms with van der Waals surface area (Å²) in [6, 6.07) is 71.4. The van der Waals surface area contributed by atoms with Gasteiger partial charge in [-0.15, -0.1) is 0 Å². The summed E-state index contributed by atoms with van der Waals surface area (Å²) in [7, 11) is 0. The molecular formula is C56H34N6. The molecule has 4 aromatic heterocycles. The Balaban J connectivity index is 1.18. The molecule has 13 rings (SSSR count). The Hall–Kier alpha value is -8.66. The lowest BCUT2D eigenvalue weighted by atomic mass is 10.1. The molecule has 0 amide bonds. The largest absolute Gasteiger partial charge is 0.309 e. The number of rotatable bonds is 5. The average molecular weight is 791 g/mol. The maximum atomic E-state index is 10.7. The number of hydrogen-bond acceptors (Lipinski definition) is 2. The molecule has 1 N–H and O–H groups in total. The number of benzene rings is 9. The van der Waals surface area contributed by atoms with Crippen molar-refractivity contribution in [2.45, 2.75) is 0 Å². The SMILES string of the molecule is N#Cc1cc(-n2c3ccccc3c3cc4c(cc32)c2ccccc2n4-c2ccccc2)c(-n2c3ccccc3c3cc4c(cc32)c2ccccc2n4-c2ccccc2)cc1C=N. The quantitative estimate of drug-likeness (QED) is 0.173. The minimum atomic E-state index is 0.445. The summed E-state index contributed by atoms with van der Waals surface area (Å²) in [4.78, 5) is 0. The summed E-state index contributed by atoms with van der Waals surface area (Å²) in [5.41, 5.74) is 13.7. The molecule has 6 heteroatoms. The molecule has 288 valence electrons. The Labute approximate surface area is 355 Å². The van der Waals surface area contributed by atoms with E-state index in [1.54, 1.807) is 0 Å². The van der Waals surface area contributed by atoms with Crippen LogP contribution in [0.4, 0.5) is 0 Å². The van der Waals surface area contributed by atoms with E-state index >= 15 is 0 Å². The molecule has 62 heavy (non-hydrogen) atoms. The Morgan fingerprint density at radius 1 is 0.339 bits per heavy atom. The van der Waals surface area contributed by atoms with Crippen molar-refractivity contribution in [1.29, 1.82) is 10.7 Å². The predicted molar refractivity (Wildman–Crippen MR) is 256 cm³/mol. The van der Waals surface area contributed by atoms with Gasteiger partial charge in [0.25, 0.3) is 0 Å². The van der Waals surface area contributed by atoms with Crippen molar-refractivity contribution in [1.82, 2.24) is 18.3 Å². The summed E-state index contributed by atoms with van der Waals surface area (Å²) < 4.78 is 9.41. The Kier molecular flexibility index (Phi) is 7.13. The number of para-hydroxylation sites is 6. The fraction of sp³-hybridized carbons (Fsp3) is 0. The number of nitrogens with zero attached hydrogens (tertiary/aromatic N) is 5. The maximum absolute atomic E-state index is 10.7. The molecule has 0 saturated carbocycles. The molecule has 4 heterocycles. The van der Waals surface area contributed by atoms with Gasteiger partial charge in [0.05, 0.1) is 67.1 Å². The molecule has 0 aliphatic rings. The summed E-state index contributed by atoms with van der Waals surface area (Å²) in [6.07, 6.45) is 1.30. The van der Waals surface area contributed by atoms with Crippen LogP contribution < -0.4 is 0 Å². The van der Waals surface area contributed by atoms with E-state index in [9.17, 15) is 5.26 Å². The molecule has 0 bridgehead atoms. The zero-order valence-electron chi connectivity index (χ0n) is 33.3. The Morgan fingerprint density at radius 2 is 0.661 bits per heavy atom. The minimum Gasteiger partial charge on any atom is -0.309 e. The molecule has 0 aliphatic heterocycles. The molecule has 0 spiro atoms. The first-order valence-corrected chi connectivity index (χ1v) is 20.8. The average Bonchev–Trinajstić information content (AvgIpc) is 4.04. The van der Waals surface area contributed by atoms with Crippen LogP contribution in [0, 0.1) is 16.7 Å². The molecule has 0 unspecified atom stereocenters. The molecule has 0 atom stereocenters. The number of hydrogen-bond donors (Lipinski definition) is 1. The van der Waals surface area contributed by atoms with Crippen molar-refractivity contribution in [3.63, 3.8) is 0 Å². The van der Waals surface area contributed by atoms with Crippen LogP contribution in [0.15, 0.2) is 194 Å². The zero-order chi connectivity index (χ0) is 41.1. The van der Waals surface area contributed by atoms with Gasteiger partial charge in [-0.05, 0) is 84.9 Å². The van der Waals surface area contributed by atoms with Crippen LogP contribution in [0.3, 0.4) is 0 Å². The third kappa shape index (κ3) is 4.65. The summed E-state index contributed by atoms with van der Waals surface area (Å²) in [6.45, 7) is 0. The van der Waals surface area contributed by atoms with Gasteiger partial charge < -0.3 is 23.7 Å². The van der Waals surface area contributed by atoms with E-state index in [2.05, 4.69) is 206 Å². The van der Waals surface area contributed by atoms with Crippen molar-refractivity contribution in [3.8, 4) is 28.8 Å². The molecule has 13 aromatic rings. The second kappa shape index (κ2) is 12.9. The Bertz CT molecular complexity index is 4060. The van der Waals surface area contributed by atoms with Gasteiger partial charge >= 0.3 is 0 Å². The van der Waals surface area contributed by atoms with Crippen LogP contribution >= 0.6 is 0 Å². The first kappa shape index (κ1) is 34.2. The number of aromatic nitrogens is 4. The first-order chi connectivity index (χ1) is 30.7. The monoisotopic (exact) mass is 790 g/mol. The van der Waals surface area contributed by atoms with Crippen molar-refractivity contribution in [2.75, 3.05) is 0 Å². The smallest absolute Gasteiger partial charge is 0.0999 e. The van der Waals surface area contributed by atoms with E-state index in [0.717, 1.165) is 99.2 Å². The van der Waals surface area contributed by atoms with E-state index in [-0.39, 0.29) is 0 Å². The van der Waals surface area contributed by atoms with Crippen LogP contribution in [-0.4, -0.2) is 24.5 Å². The summed E-state index contributed by atoms with van der Waals surface area (Å²) in [5, 5.41) is 28.4. The van der Waals surface area contributed by atoms with Crippen LogP contribution in [0.25, 0.3) is 110 Å². The van der Waals surface area contributed by atoms with Crippen LogP contribution in [0.1, 0.15) is 11.1 Å². The maximum Gasteiger partial charge on any atom is 0.0999 e. The lowest BCUT2D eigenvalue weighted by Gasteiger charge is -2.18. The van der Waals surface area contributed by atoms with Crippen molar-refractivity contribution < 1.29 is 0 Å². The topological polar surface area (TPSA) is 67.4 Å². The molecule has 0 fully saturated rings. The highest BCUT2D eigenvalue weighted by Crippen LogP contribution is 2.44. The lowest BCUT2D eigenvalue weighted by Crippen LogP contribution is -2.06. The third-order valence-corrected chi connectivity index (χ3v) is 12.9. The van der Waals surface area contributed by atoms with E-state index in [0.29, 0.717) is 11.1 Å². The van der Waals surface area contributed by atoms with Gasteiger partial charge in [0, 0.05) is 66.2 Å². The second-order valence-electron chi connectivity index (χ2n) is 16.0. The van der Waals surface area contributed by atoms with E-state index in [4.69, 9.17) is 5.41 Å². The Morgan fingerprint density at radius 3 is 1.03 bits per heavy atom. The molecule has 6 nitrogen and oxygen atoms in total. The van der Waals surface area contributed by atoms with Crippen LogP contribution in [0.2, 0.25) is 0 Å². The highest BCUT2D eigenvalue weighted by Gasteiger charge is 2.24. The highest BCUT2D eigenvalue weighted by molar-refractivity contribution is 6.21. The summed E-state index contributed by atoms with van der Waals surface area (Å²) >= 11 is 0. The van der Waals surface area contributed by atoms with E-state index in [1.165, 1.54) is 17.0 Å². The van der Waals surface area contributed by atoms with Gasteiger partial charge in [-0.3, -0.25) is 0 Å². The second-order valence-corrected chi connectivity index (χ2v) is 16.0. The number of fused-ring (bicyclic) bond motifs is 12. The van der Waals surface area contributed by atoms with Gasteiger partial charge in [-0.2, -0.15) is 5.26 Å². The normalized spacial score (nSPS) is 11.9. The molecule has 0 saturated heterocycles. The van der Waals surface area contributed by atoms with Gasteiger partial charge in [-0.1, -0.05) is 109 Å². The molecule has 0 aliphatic carbocycles. The highest BCUT2D eigenvalue weighted by atomic mass is 15.1. The van der Waals surface area contributed by atoms with Gasteiger partial charge in [0.15, 0.2) is 0 Å². The van der Waals surface area contributed by atoms with Gasteiger partial charge in [-0.25, -0.2) is 0 Å².